The zero-order valence-corrected chi connectivity index (χ0v) is 9.21. The quantitative estimate of drug-likeness (QED) is 0.434. The summed E-state index contributed by atoms with van der Waals surface area (Å²) in [6.45, 7) is 3.83. The molecule has 1 heterocycles. The lowest BCUT2D eigenvalue weighted by atomic mass is 10.2. The van der Waals surface area contributed by atoms with Gasteiger partial charge in [0.25, 0.3) is 0 Å². The van der Waals surface area contributed by atoms with Crippen molar-refractivity contribution in [2.45, 2.75) is 20.3 Å². The molecule has 1 aromatic heterocycles. The van der Waals surface area contributed by atoms with Crippen LogP contribution in [0.5, 0.6) is 0 Å². The van der Waals surface area contributed by atoms with E-state index < -0.39 is 11.9 Å². The minimum Gasteiger partial charge on any atom is -0.465 e. The Balaban J connectivity index is 2.69. The number of esters is 1. The van der Waals surface area contributed by atoms with Gasteiger partial charge < -0.3 is 4.74 Å². The molecule has 3 nitrogen and oxygen atoms in total. The van der Waals surface area contributed by atoms with Crippen LogP contribution in [0.2, 0.25) is 0 Å². The Hall–Kier alpha value is -1.89. The maximum Gasteiger partial charge on any atom is 0.317 e. The molecule has 0 N–H and O–H groups in total. The smallest absolute Gasteiger partial charge is 0.317 e. The number of carbonyl (C=O) groups is 1. The molecule has 0 radical (unpaired) electrons. The van der Waals surface area contributed by atoms with Gasteiger partial charge in [0, 0.05) is 6.20 Å². The van der Waals surface area contributed by atoms with Gasteiger partial charge in [-0.1, -0.05) is 11.8 Å². The second kappa shape index (κ2) is 5.86. The number of rotatable bonds is 2. The summed E-state index contributed by atoms with van der Waals surface area (Å²) in [6, 6.07) is 1.58. The Morgan fingerprint density at radius 3 is 3.06 bits per heavy atom. The van der Waals surface area contributed by atoms with Crippen molar-refractivity contribution < 1.29 is 13.9 Å². The average Bonchev–Trinajstić information content (AvgIpc) is 2.23. The minimum atomic E-state index is -0.623. The number of aryl methyl sites for hydroxylation is 1. The Kier molecular flexibility index (Phi) is 4.46. The Labute approximate surface area is 93.6 Å². The minimum absolute atomic E-state index is 0.0405. The van der Waals surface area contributed by atoms with Gasteiger partial charge in [-0.3, -0.25) is 4.79 Å². The first-order chi connectivity index (χ1) is 7.63. The maximum atomic E-state index is 13.1. The van der Waals surface area contributed by atoms with Crippen LogP contribution in [-0.2, 0) is 9.53 Å². The third-order valence-corrected chi connectivity index (χ3v) is 1.74. The molecule has 0 aliphatic rings. The Bertz CT molecular complexity index is 446. The topological polar surface area (TPSA) is 39.2 Å². The molecule has 0 atom stereocenters. The highest BCUT2D eigenvalue weighted by molar-refractivity contribution is 5.72. The van der Waals surface area contributed by atoms with E-state index in [-0.39, 0.29) is 12.0 Å². The first-order valence-corrected chi connectivity index (χ1v) is 4.90. The van der Waals surface area contributed by atoms with Crippen LogP contribution >= 0.6 is 0 Å². The molecule has 1 rings (SSSR count). The van der Waals surface area contributed by atoms with E-state index in [1.54, 1.807) is 19.9 Å². The zero-order chi connectivity index (χ0) is 12.0. The third kappa shape index (κ3) is 3.70. The molecule has 0 unspecified atom stereocenters. The molecular weight excluding hydrogens is 209 g/mol. The molecule has 4 heteroatoms. The molecular formula is C12H12FNO2. The van der Waals surface area contributed by atoms with Crippen LogP contribution in [0.15, 0.2) is 12.3 Å². The lowest BCUT2D eigenvalue weighted by Gasteiger charge is -1.96. The number of nitrogens with zero attached hydrogens (tertiary/aromatic N) is 1. The molecule has 0 saturated carbocycles. The number of carbonyl (C=O) groups excluding carboxylic acids is 1. The van der Waals surface area contributed by atoms with E-state index >= 15 is 0 Å². The van der Waals surface area contributed by atoms with Crippen molar-refractivity contribution in [2.75, 3.05) is 6.61 Å². The van der Waals surface area contributed by atoms with Crippen LogP contribution in [-0.4, -0.2) is 17.6 Å². The van der Waals surface area contributed by atoms with E-state index in [1.165, 1.54) is 6.20 Å². The second-order valence-corrected chi connectivity index (χ2v) is 3.13. The number of ether oxygens (including phenoxy) is 1. The molecule has 0 aliphatic heterocycles. The van der Waals surface area contributed by atoms with Crippen LogP contribution in [0, 0.1) is 24.7 Å². The van der Waals surface area contributed by atoms with Gasteiger partial charge in [-0.25, -0.2) is 4.98 Å². The molecule has 0 spiro atoms. The average molecular weight is 221 g/mol. The molecule has 0 aromatic carbocycles. The van der Waals surface area contributed by atoms with Gasteiger partial charge in [0.1, 0.15) is 6.42 Å². The first-order valence-electron chi connectivity index (χ1n) is 4.90. The number of halogens is 1. The standard InChI is InChI=1S/C12H12FNO2/c1-3-16-11(15)6-4-5-10-7-9(2)8-14-12(10)13/h7-8H,3,6H2,1-2H3. The zero-order valence-electron chi connectivity index (χ0n) is 9.21. The Morgan fingerprint density at radius 1 is 1.62 bits per heavy atom. The van der Waals surface area contributed by atoms with Gasteiger partial charge in [-0.15, -0.1) is 0 Å². The summed E-state index contributed by atoms with van der Waals surface area (Å²) >= 11 is 0. The van der Waals surface area contributed by atoms with Gasteiger partial charge in [-0.2, -0.15) is 4.39 Å². The number of hydrogen-bond acceptors (Lipinski definition) is 3. The van der Waals surface area contributed by atoms with Gasteiger partial charge in [0.05, 0.1) is 12.2 Å². The van der Waals surface area contributed by atoms with Crippen molar-refractivity contribution in [1.82, 2.24) is 4.98 Å². The molecule has 0 amide bonds. The van der Waals surface area contributed by atoms with Gasteiger partial charge >= 0.3 is 5.97 Å². The number of aromatic nitrogens is 1. The Morgan fingerprint density at radius 2 is 2.38 bits per heavy atom. The first kappa shape index (κ1) is 12.2. The predicted octanol–water partition coefficient (Wildman–Crippen LogP) is 1.83. The van der Waals surface area contributed by atoms with Crippen LogP contribution < -0.4 is 0 Å². The largest absolute Gasteiger partial charge is 0.465 e. The van der Waals surface area contributed by atoms with E-state index in [9.17, 15) is 9.18 Å². The lowest BCUT2D eigenvalue weighted by Crippen LogP contribution is -2.01. The fraction of sp³-hybridized carbons (Fsp3) is 0.333. The molecule has 84 valence electrons. The van der Waals surface area contributed by atoms with Crippen molar-refractivity contribution in [1.29, 1.82) is 0 Å². The van der Waals surface area contributed by atoms with Gasteiger partial charge in [-0.05, 0) is 25.5 Å². The number of hydrogen-bond donors (Lipinski definition) is 0. The van der Waals surface area contributed by atoms with E-state index in [4.69, 9.17) is 0 Å². The summed E-state index contributed by atoms with van der Waals surface area (Å²) in [5, 5.41) is 0. The maximum absolute atomic E-state index is 13.1. The summed E-state index contributed by atoms with van der Waals surface area (Å²) in [5.74, 6) is 4.07. The van der Waals surface area contributed by atoms with Crippen molar-refractivity contribution >= 4 is 5.97 Å². The summed E-state index contributed by atoms with van der Waals surface area (Å²) in [6.07, 6.45) is 1.38. The molecule has 0 bridgehead atoms. The van der Waals surface area contributed by atoms with Crippen molar-refractivity contribution in [3.8, 4) is 11.8 Å². The molecule has 0 saturated heterocycles. The van der Waals surface area contributed by atoms with Gasteiger partial charge in [0.2, 0.25) is 5.95 Å². The summed E-state index contributed by atoms with van der Waals surface area (Å²) < 4.78 is 17.8. The fourth-order valence-electron chi connectivity index (χ4n) is 1.06. The summed E-state index contributed by atoms with van der Waals surface area (Å²) in [4.78, 5) is 14.5. The van der Waals surface area contributed by atoms with Crippen molar-refractivity contribution in [2.24, 2.45) is 0 Å². The highest BCUT2D eigenvalue weighted by Gasteiger charge is 2.00. The van der Waals surface area contributed by atoms with Crippen LogP contribution in [0.1, 0.15) is 24.5 Å². The van der Waals surface area contributed by atoms with Gasteiger partial charge in [0.15, 0.2) is 0 Å². The summed E-state index contributed by atoms with van der Waals surface area (Å²) in [7, 11) is 0. The van der Waals surface area contributed by atoms with Crippen LogP contribution in [0.25, 0.3) is 0 Å². The summed E-state index contributed by atoms with van der Waals surface area (Å²) in [5.41, 5.74) is 1.02. The van der Waals surface area contributed by atoms with E-state index in [1.807, 2.05) is 0 Å². The third-order valence-electron chi connectivity index (χ3n) is 1.74. The lowest BCUT2D eigenvalue weighted by molar-refractivity contribution is -0.141. The highest BCUT2D eigenvalue weighted by Crippen LogP contribution is 2.04. The van der Waals surface area contributed by atoms with Crippen molar-refractivity contribution in [3.63, 3.8) is 0 Å². The van der Waals surface area contributed by atoms with Crippen LogP contribution in [0.3, 0.4) is 0 Å². The molecule has 0 fully saturated rings. The monoisotopic (exact) mass is 221 g/mol. The van der Waals surface area contributed by atoms with Crippen molar-refractivity contribution in [3.05, 3.63) is 29.3 Å². The normalized spacial score (nSPS) is 9.19. The highest BCUT2D eigenvalue weighted by atomic mass is 19.1. The van der Waals surface area contributed by atoms with E-state index in [0.717, 1.165) is 5.56 Å². The molecule has 0 aliphatic carbocycles. The van der Waals surface area contributed by atoms with E-state index in [0.29, 0.717) is 6.61 Å². The molecule has 1 aromatic rings. The number of pyridine rings is 1. The SMILES string of the molecule is CCOC(=O)CC#Cc1cc(C)cnc1F. The van der Waals surface area contributed by atoms with E-state index in [2.05, 4.69) is 21.6 Å². The predicted molar refractivity (Wildman–Crippen MR) is 57.1 cm³/mol. The molecule has 16 heavy (non-hydrogen) atoms. The van der Waals surface area contributed by atoms with Crippen LogP contribution in [0.4, 0.5) is 4.39 Å². The fourth-order valence-corrected chi connectivity index (χ4v) is 1.06. The second-order valence-electron chi connectivity index (χ2n) is 3.13.